The lowest BCUT2D eigenvalue weighted by Crippen LogP contribution is -2.34. The van der Waals surface area contributed by atoms with Gasteiger partial charge in [0.25, 0.3) is 0 Å². The lowest BCUT2D eigenvalue weighted by atomic mass is 10.1. The van der Waals surface area contributed by atoms with Crippen LogP contribution in [-0.4, -0.2) is 23.7 Å². The average Bonchev–Trinajstić information content (AvgIpc) is 3.12. The molecule has 1 aliphatic carbocycles. The zero-order valence-corrected chi connectivity index (χ0v) is 14.6. The molecule has 23 heavy (non-hydrogen) atoms. The molecule has 4 nitrogen and oxygen atoms in total. The average molecular weight is 328 g/mol. The summed E-state index contributed by atoms with van der Waals surface area (Å²) in [5.41, 5.74) is 3.23. The predicted molar refractivity (Wildman–Crippen MR) is 94.9 cm³/mol. The number of aromatic nitrogens is 1. The molecular formula is C18H20N2O2S. The molecule has 1 heterocycles. The maximum Gasteiger partial charge on any atom is 0.416 e. The molecule has 120 valence electrons. The molecular weight excluding hydrogens is 308 g/mol. The highest BCUT2D eigenvalue weighted by molar-refractivity contribution is 7.19. The SMILES string of the molecule is CN(C(=O)OC(C)(C)C)c1ncc(-c2ccc3c(c2)CC=C3)s1. The van der Waals surface area contributed by atoms with Crippen LogP contribution < -0.4 is 4.90 Å². The summed E-state index contributed by atoms with van der Waals surface area (Å²) in [6.07, 6.45) is 6.71. The molecule has 0 aliphatic heterocycles. The van der Waals surface area contributed by atoms with Gasteiger partial charge in [0.05, 0.1) is 4.88 Å². The van der Waals surface area contributed by atoms with Gasteiger partial charge in [-0.25, -0.2) is 9.78 Å². The number of hydrogen-bond donors (Lipinski definition) is 0. The van der Waals surface area contributed by atoms with Gasteiger partial charge in [0, 0.05) is 13.2 Å². The van der Waals surface area contributed by atoms with Crippen molar-refractivity contribution in [2.75, 3.05) is 11.9 Å². The number of nitrogens with zero attached hydrogens (tertiary/aromatic N) is 2. The number of ether oxygens (including phenoxy) is 1. The minimum Gasteiger partial charge on any atom is -0.443 e. The molecule has 2 aromatic rings. The van der Waals surface area contributed by atoms with E-state index in [1.807, 2.05) is 27.0 Å². The molecule has 3 rings (SSSR count). The molecule has 0 saturated carbocycles. The first-order valence-corrected chi connectivity index (χ1v) is 8.37. The molecule has 0 fully saturated rings. The summed E-state index contributed by atoms with van der Waals surface area (Å²) < 4.78 is 5.37. The van der Waals surface area contributed by atoms with Gasteiger partial charge >= 0.3 is 6.09 Å². The quantitative estimate of drug-likeness (QED) is 0.799. The first kappa shape index (κ1) is 15.7. The van der Waals surface area contributed by atoms with E-state index in [0.717, 1.165) is 16.9 Å². The third kappa shape index (κ3) is 3.45. The van der Waals surface area contributed by atoms with Crippen LogP contribution in [-0.2, 0) is 11.2 Å². The van der Waals surface area contributed by atoms with Gasteiger partial charge in [0.15, 0.2) is 5.13 Å². The maximum atomic E-state index is 12.1. The molecule has 0 bridgehead atoms. The van der Waals surface area contributed by atoms with Gasteiger partial charge in [0.1, 0.15) is 5.60 Å². The highest BCUT2D eigenvalue weighted by Gasteiger charge is 2.22. The maximum absolute atomic E-state index is 12.1. The zero-order chi connectivity index (χ0) is 16.6. The third-order valence-electron chi connectivity index (χ3n) is 3.51. The molecule has 5 heteroatoms. The third-order valence-corrected chi connectivity index (χ3v) is 4.63. The Morgan fingerprint density at radius 2 is 2.13 bits per heavy atom. The Morgan fingerprint density at radius 3 is 2.87 bits per heavy atom. The van der Waals surface area contributed by atoms with Crippen LogP contribution in [0.15, 0.2) is 30.5 Å². The normalized spacial score (nSPS) is 13.0. The second-order valence-corrected chi connectivity index (χ2v) is 7.58. The molecule has 0 N–H and O–H groups in total. The molecule has 1 aromatic carbocycles. The fraction of sp³-hybridized carbons (Fsp3) is 0.333. The Hall–Kier alpha value is -2.14. The van der Waals surface area contributed by atoms with Gasteiger partial charge in [-0.3, -0.25) is 4.90 Å². The first-order valence-electron chi connectivity index (χ1n) is 7.56. The van der Waals surface area contributed by atoms with E-state index in [0.29, 0.717) is 5.13 Å². The highest BCUT2D eigenvalue weighted by atomic mass is 32.1. The molecule has 0 unspecified atom stereocenters. The van der Waals surface area contributed by atoms with Gasteiger partial charge in [-0.15, -0.1) is 0 Å². The van der Waals surface area contributed by atoms with Gasteiger partial charge < -0.3 is 4.74 Å². The summed E-state index contributed by atoms with van der Waals surface area (Å²) >= 11 is 1.49. The summed E-state index contributed by atoms with van der Waals surface area (Å²) in [4.78, 5) is 19.0. The van der Waals surface area contributed by atoms with Gasteiger partial charge in [-0.05, 0) is 49.9 Å². The van der Waals surface area contributed by atoms with Crippen molar-refractivity contribution in [2.24, 2.45) is 0 Å². The lowest BCUT2D eigenvalue weighted by Gasteiger charge is -2.23. The van der Waals surface area contributed by atoms with Crippen LogP contribution in [0, 0.1) is 0 Å². The van der Waals surface area contributed by atoms with Crippen molar-refractivity contribution in [2.45, 2.75) is 32.8 Å². The zero-order valence-electron chi connectivity index (χ0n) is 13.8. The number of carbonyl (C=O) groups excluding carboxylic acids is 1. The van der Waals surface area contributed by atoms with E-state index in [9.17, 15) is 4.79 Å². The fourth-order valence-corrected chi connectivity index (χ4v) is 3.24. The molecule has 0 radical (unpaired) electrons. The number of amides is 1. The van der Waals surface area contributed by atoms with E-state index < -0.39 is 11.7 Å². The van der Waals surface area contributed by atoms with E-state index in [1.54, 1.807) is 7.05 Å². The number of anilines is 1. The van der Waals surface area contributed by atoms with Crippen LogP contribution >= 0.6 is 11.3 Å². The molecule has 1 aliphatic rings. The van der Waals surface area contributed by atoms with Crippen LogP contribution in [0.25, 0.3) is 16.5 Å². The number of benzene rings is 1. The second kappa shape index (κ2) is 5.81. The van der Waals surface area contributed by atoms with Crippen LogP contribution in [0.3, 0.4) is 0 Å². The van der Waals surface area contributed by atoms with Gasteiger partial charge in [-0.1, -0.05) is 35.6 Å². The summed E-state index contributed by atoms with van der Waals surface area (Å²) in [5, 5.41) is 0.632. The number of fused-ring (bicyclic) bond motifs is 1. The van der Waals surface area contributed by atoms with Crippen LogP contribution in [0.5, 0.6) is 0 Å². The minimum absolute atomic E-state index is 0.392. The van der Waals surface area contributed by atoms with Crippen molar-refractivity contribution in [3.8, 4) is 10.4 Å². The van der Waals surface area contributed by atoms with E-state index in [-0.39, 0.29) is 0 Å². The minimum atomic E-state index is -0.515. The van der Waals surface area contributed by atoms with Crippen molar-refractivity contribution in [1.82, 2.24) is 4.98 Å². The molecule has 1 amide bonds. The predicted octanol–water partition coefficient (Wildman–Crippen LogP) is 4.75. The molecule has 0 saturated heterocycles. The lowest BCUT2D eigenvalue weighted by molar-refractivity contribution is 0.0589. The van der Waals surface area contributed by atoms with Crippen molar-refractivity contribution in [1.29, 1.82) is 0 Å². The number of hydrogen-bond acceptors (Lipinski definition) is 4. The second-order valence-electron chi connectivity index (χ2n) is 6.57. The number of rotatable bonds is 2. The van der Waals surface area contributed by atoms with Crippen LogP contribution in [0.2, 0.25) is 0 Å². The Balaban J connectivity index is 1.79. The fourth-order valence-electron chi connectivity index (χ4n) is 2.37. The standard InChI is InChI=1S/C18H20N2O2S/c1-18(2,3)22-17(21)20(4)16-19-11-15(23-16)14-9-8-12-6-5-7-13(12)10-14/h5-6,8-11H,7H2,1-4H3. The molecule has 0 atom stereocenters. The van der Waals surface area contributed by atoms with Gasteiger partial charge in [-0.2, -0.15) is 0 Å². The largest absolute Gasteiger partial charge is 0.443 e. The van der Waals surface area contributed by atoms with E-state index in [2.05, 4.69) is 35.3 Å². The van der Waals surface area contributed by atoms with Crippen LogP contribution in [0.1, 0.15) is 31.9 Å². The summed E-state index contributed by atoms with van der Waals surface area (Å²) in [7, 11) is 1.68. The highest BCUT2D eigenvalue weighted by Crippen LogP contribution is 2.33. The Bertz CT molecular complexity index is 772. The van der Waals surface area contributed by atoms with Crippen molar-refractivity contribution < 1.29 is 9.53 Å². The summed E-state index contributed by atoms with van der Waals surface area (Å²) in [6, 6.07) is 6.42. The first-order chi connectivity index (χ1) is 10.8. The Kier molecular flexibility index (Phi) is 3.98. The van der Waals surface area contributed by atoms with E-state index in [4.69, 9.17) is 4.74 Å². The Labute approximate surface area is 140 Å². The summed E-state index contributed by atoms with van der Waals surface area (Å²) in [5.74, 6) is 0. The molecule has 0 spiro atoms. The smallest absolute Gasteiger partial charge is 0.416 e. The number of carbonyl (C=O) groups is 1. The number of allylic oxidation sites excluding steroid dienone is 1. The topological polar surface area (TPSA) is 42.4 Å². The van der Waals surface area contributed by atoms with E-state index in [1.165, 1.54) is 27.4 Å². The Morgan fingerprint density at radius 1 is 1.35 bits per heavy atom. The van der Waals surface area contributed by atoms with Crippen molar-refractivity contribution in [3.05, 3.63) is 41.6 Å². The summed E-state index contributed by atoms with van der Waals surface area (Å²) in [6.45, 7) is 5.56. The molecule has 1 aromatic heterocycles. The van der Waals surface area contributed by atoms with Gasteiger partial charge in [0.2, 0.25) is 0 Å². The van der Waals surface area contributed by atoms with Crippen LogP contribution in [0.4, 0.5) is 9.93 Å². The monoisotopic (exact) mass is 328 g/mol. The number of thiazole rings is 1. The van der Waals surface area contributed by atoms with Crippen molar-refractivity contribution in [3.63, 3.8) is 0 Å². The van der Waals surface area contributed by atoms with E-state index >= 15 is 0 Å². The van der Waals surface area contributed by atoms with Crippen molar-refractivity contribution >= 4 is 28.6 Å².